The maximum atomic E-state index is 12.0. The first kappa shape index (κ1) is 17.9. The smallest absolute Gasteiger partial charge is 0.220 e. The van der Waals surface area contributed by atoms with Crippen molar-refractivity contribution in [3.05, 3.63) is 22.4 Å². The van der Waals surface area contributed by atoms with E-state index in [1.54, 1.807) is 4.88 Å². The minimum atomic E-state index is 0.258. The summed E-state index contributed by atoms with van der Waals surface area (Å²) >= 11 is 1.89. The molecule has 2 heterocycles. The Kier molecular flexibility index (Phi) is 7.15. The molecule has 1 saturated heterocycles. The van der Waals surface area contributed by atoms with Crippen molar-refractivity contribution in [2.45, 2.75) is 63.7 Å². The van der Waals surface area contributed by atoms with Gasteiger partial charge in [0.15, 0.2) is 0 Å². The SMILES string of the molecule is O=C(CCC1CCCCC1)NCCN1CCC(c2cccs2)CC1. The third kappa shape index (κ3) is 5.59. The summed E-state index contributed by atoms with van der Waals surface area (Å²) in [5.41, 5.74) is 0. The Balaban J connectivity index is 1.25. The maximum Gasteiger partial charge on any atom is 0.220 e. The number of nitrogens with one attached hydrogen (secondary N) is 1. The van der Waals surface area contributed by atoms with Crippen LogP contribution in [0.2, 0.25) is 0 Å². The summed E-state index contributed by atoms with van der Waals surface area (Å²) in [6.07, 6.45) is 11.2. The Bertz CT molecular complexity index is 474. The first-order valence-electron chi connectivity index (χ1n) is 9.83. The van der Waals surface area contributed by atoms with Crippen molar-refractivity contribution in [3.63, 3.8) is 0 Å². The average molecular weight is 349 g/mol. The average Bonchev–Trinajstić information content (AvgIpc) is 3.16. The van der Waals surface area contributed by atoms with Gasteiger partial charge in [-0.1, -0.05) is 38.2 Å². The van der Waals surface area contributed by atoms with E-state index in [0.717, 1.165) is 37.8 Å². The lowest BCUT2D eigenvalue weighted by Crippen LogP contribution is -2.39. The minimum Gasteiger partial charge on any atom is -0.355 e. The number of likely N-dealkylation sites (tertiary alicyclic amines) is 1. The third-order valence-corrected chi connectivity index (χ3v) is 6.82. The third-order valence-electron chi connectivity index (χ3n) is 5.79. The zero-order valence-electron chi connectivity index (χ0n) is 14.8. The van der Waals surface area contributed by atoms with E-state index in [1.807, 2.05) is 11.3 Å². The Morgan fingerprint density at radius 3 is 2.67 bits per heavy atom. The van der Waals surface area contributed by atoms with Crippen LogP contribution < -0.4 is 5.32 Å². The van der Waals surface area contributed by atoms with Crippen LogP contribution in [0.1, 0.15) is 68.6 Å². The summed E-state index contributed by atoms with van der Waals surface area (Å²) in [6.45, 7) is 4.15. The Hall–Kier alpha value is -0.870. The largest absolute Gasteiger partial charge is 0.355 e. The Morgan fingerprint density at radius 1 is 1.17 bits per heavy atom. The number of rotatable bonds is 7. The summed E-state index contributed by atoms with van der Waals surface area (Å²) in [4.78, 5) is 16.1. The molecule has 1 N–H and O–H groups in total. The van der Waals surface area contributed by atoms with Gasteiger partial charge in [0.1, 0.15) is 0 Å². The summed E-state index contributed by atoms with van der Waals surface area (Å²) in [6, 6.07) is 4.44. The molecule has 1 aliphatic carbocycles. The lowest BCUT2D eigenvalue weighted by atomic mass is 9.86. The molecule has 3 rings (SSSR count). The summed E-state index contributed by atoms with van der Waals surface area (Å²) in [5, 5.41) is 5.31. The van der Waals surface area contributed by atoms with E-state index in [1.165, 1.54) is 58.0 Å². The molecule has 0 unspecified atom stereocenters. The fourth-order valence-electron chi connectivity index (χ4n) is 4.22. The summed E-state index contributed by atoms with van der Waals surface area (Å²) in [5.74, 6) is 1.82. The molecule has 134 valence electrons. The van der Waals surface area contributed by atoms with Gasteiger partial charge >= 0.3 is 0 Å². The maximum absolute atomic E-state index is 12.0. The number of amides is 1. The number of hydrogen-bond acceptors (Lipinski definition) is 3. The molecule has 0 radical (unpaired) electrons. The van der Waals surface area contributed by atoms with E-state index in [9.17, 15) is 4.79 Å². The van der Waals surface area contributed by atoms with Crippen LogP contribution in [-0.4, -0.2) is 37.0 Å². The fraction of sp³-hybridized carbons (Fsp3) is 0.750. The van der Waals surface area contributed by atoms with Crippen molar-refractivity contribution in [2.75, 3.05) is 26.2 Å². The standard InChI is InChI=1S/C20H32N2OS/c23-20(9-8-17-5-2-1-3-6-17)21-12-15-22-13-10-18(11-14-22)19-7-4-16-24-19/h4,7,16-18H,1-3,5-6,8-15H2,(H,21,23). The van der Waals surface area contributed by atoms with Gasteiger partial charge in [0.05, 0.1) is 0 Å². The predicted octanol–water partition coefficient (Wildman–Crippen LogP) is 4.40. The quantitative estimate of drug-likeness (QED) is 0.792. The molecule has 2 fully saturated rings. The molecule has 0 bridgehead atoms. The highest BCUT2D eigenvalue weighted by Gasteiger charge is 2.21. The van der Waals surface area contributed by atoms with Gasteiger partial charge in [-0.05, 0) is 55.6 Å². The molecule has 0 atom stereocenters. The number of hydrogen-bond donors (Lipinski definition) is 1. The van der Waals surface area contributed by atoms with Crippen molar-refractivity contribution in [2.24, 2.45) is 5.92 Å². The molecule has 1 amide bonds. The van der Waals surface area contributed by atoms with Gasteiger partial charge in [0, 0.05) is 24.4 Å². The number of carbonyl (C=O) groups excluding carboxylic acids is 1. The summed E-state index contributed by atoms with van der Waals surface area (Å²) < 4.78 is 0. The number of carbonyl (C=O) groups is 1. The second-order valence-corrected chi connectivity index (χ2v) is 8.50. The van der Waals surface area contributed by atoms with Crippen LogP contribution in [0.4, 0.5) is 0 Å². The second-order valence-electron chi connectivity index (χ2n) is 7.52. The van der Waals surface area contributed by atoms with Crippen LogP contribution in [0.5, 0.6) is 0 Å². The van der Waals surface area contributed by atoms with Crippen molar-refractivity contribution in [3.8, 4) is 0 Å². The minimum absolute atomic E-state index is 0.258. The zero-order chi connectivity index (χ0) is 16.6. The normalized spacial score (nSPS) is 21.0. The van der Waals surface area contributed by atoms with E-state index in [-0.39, 0.29) is 5.91 Å². The van der Waals surface area contributed by atoms with Crippen LogP contribution >= 0.6 is 11.3 Å². The monoisotopic (exact) mass is 348 g/mol. The highest BCUT2D eigenvalue weighted by atomic mass is 32.1. The molecule has 0 aromatic carbocycles. The molecule has 0 spiro atoms. The molecule has 1 aromatic heterocycles. The molecular formula is C20H32N2OS. The first-order valence-corrected chi connectivity index (χ1v) is 10.7. The highest BCUT2D eigenvalue weighted by Crippen LogP contribution is 2.30. The van der Waals surface area contributed by atoms with Gasteiger partial charge in [-0.3, -0.25) is 4.79 Å². The van der Waals surface area contributed by atoms with Gasteiger partial charge in [0.2, 0.25) is 5.91 Å². The van der Waals surface area contributed by atoms with Gasteiger partial charge in [0.25, 0.3) is 0 Å². The van der Waals surface area contributed by atoms with E-state index in [0.29, 0.717) is 0 Å². The number of piperidine rings is 1. The number of thiophene rings is 1. The molecular weight excluding hydrogens is 316 g/mol. The van der Waals surface area contributed by atoms with E-state index in [2.05, 4.69) is 27.7 Å². The van der Waals surface area contributed by atoms with Gasteiger partial charge in [-0.15, -0.1) is 11.3 Å². The van der Waals surface area contributed by atoms with Gasteiger partial charge in [-0.25, -0.2) is 0 Å². The Morgan fingerprint density at radius 2 is 1.96 bits per heavy atom. The van der Waals surface area contributed by atoms with Crippen molar-refractivity contribution in [1.82, 2.24) is 10.2 Å². The predicted molar refractivity (Wildman–Crippen MR) is 102 cm³/mol. The zero-order valence-corrected chi connectivity index (χ0v) is 15.7. The molecule has 1 saturated carbocycles. The fourth-order valence-corrected chi connectivity index (χ4v) is 5.12. The van der Waals surface area contributed by atoms with Gasteiger partial charge < -0.3 is 10.2 Å². The van der Waals surface area contributed by atoms with Crippen LogP contribution in [-0.2, 0) is 4.79 Å². The van der Waals surface area contributed by atoms with E-state index >= 15 is 0 Å². The molecule has 3 nitrogen and oxygen atoms in total. The lowest BCUT2D eigenvalue weighted by Gasteiger charge is -2.31. The molecule has 1 aromatic rings. The van der Waals surface area contributed by atoms with Crippen LogP contribution in [0.25, 0.3) is 0 Å². The lowest BCUT2D eigenvalue weighted by molar-refractivity contribution is -0.121. The van der Waals surface area contributed by atoms with E-state index < -0.39 is 0 Å². The van der Waals surface area contributed by atoms with Crippen LogP contribution in [0.3, 0.4) is 0 Å². The van der Waals surface area contributed by atoms with Crippen molar-refractivity contribution < 1.29 is 4.79 Å². The van der Waals surface area contributed by atoms with Crippen LogP contribution in [0.15, 0.2) is 17.5 Å². The number of nitrogens with zero attached hydrogens (tertiary/aromatic N) is 1. The highest BCUT2D eigenvalue weighted by molar-refractivity contribution is 7.10. The molecule has 4 heteroatoms. The van der Waals surface area contributed by atoms with Crippen molar-refractivity contribution >= 4 is 17.2 Å². The van der Waals surface area contributed by atoms with E-state index in [4.69, 9.17) is 0 Å². The topological polar surface area (TPSA) is 32.3 Å². The van der Waals surface area contributed by atoms with Crippen LogP contribution in [0, 0.1) is 5.92 Å². The molecule has 2 aliphatic rings. The van der Waals surface area contributed by atoms with Crippen molar-refractivity contribution in [1.29, 1.82) is 0 Å². The second kappa shape index (κ2) is 9.57. The Labute approximate surface area is 150 Å². The first-order chi connectivity index (χ1) is 11.8. The molecule has 1 aliphatic heterocycles. The molecule has 24 heavy (non-hydrogen) atoms. The summed E-state index contributed by atoms with van der Waals surface area (Å²) in [7, 11) is 0. The van der Waals surface area contributed by atoms with Gasteiger partial charge in [-0.2, -0.15) is 0 Å².